The molecule has 2 aliphatic heterocycles. The first-order chi connectivity index (χ1) is 14.0. The summed E-state index contributed by atoms with van der Waals surface area (Å²) < 4.78 is 11.8. The van der Waals surface area contributed by atoms with Gasteiger partial charge >= 0.3 is 5.97 Å². The monoisotopic (exact) mass is 416 g/mol. The lowest BCUT2D eigenvalue weighted by molar-refractivity contribution is -0.137. The van der Waals surface area contributed by atoms with Crippen LogP contribution in [0.15, 0.2) is 30.3 Å². The summed E-state index contributed by atoms with van der Waals surface area (Å²) in [6, 6.07) is 9.76. The summed E-state index contributed by atoms with van der Waals surface area (Å²) >= 11 is 6.28. The van der Waals surface area contributed by atoms with Gasteiger partial charge in [0.15, 0.2) is 0 Å². The summed E-state index contributed by atoms with van der Waals surface area (Å²) in [4.78, 5) is 17.6. The smallest absolute Gasteiger partial charge is 0.304 e. The number of piperidine rings is 1. The number of carboxylic acids is 1. The molecule has 1 aromatic carbocycles. The van der Waals surface area contributed by atoms with E-state index in [0.29, 0.717) is 36.5 Å². The van der Waals surface area contributed by atoms with E-state index in [1.807, 2.05) is 31.2 Å². The Morgan fingerprint density at radius 1 is 1.31 bits per heavy atom. The number of hydrogen-bond donors (Lipinski definition) is 1. The minimum atomic E-state index is -0.747. The molecule has 2 aliphatic rings. The Labute approximate surface area is 175 Å². The van der Waals surface area contributed by atoms with Gasteiger partial charge in [-0.3, -0.25) is 4.79 Å². The second kappa shape index (κ2) is 8.20. The summed E-state index contributed by atoms with van der Waals surface area (Å²) in [5.74, 6) is 0.430. The molecule has 1 spiro atoms. The van der Waals surface area contributed by atoms with E-state index in [1.54, 1.807) is 0 Å². The summed E-state index contributed by atoms with van der Waals surface area (Å²) in [5.41, 5.74) is 3.16. The molecule has 1 N–H and O–H groups in total. The molecule has 0 radical (unpaired) electrons. The van der Waals surface area contributed by atoms with E-state index in [-0.39, 0.29) is 11.8 Å². The van der Waals surface area contributed by atoms with Crippen molar-refractivity contribution in [2.45, 2.75) is 38.2 Å². The van der Waals surface area contributed by atoms with Crippen LogP contribution in [0.5, 0.6) is 11.8 Å². The van der Waals surface area contributed by atoms with Crippen LogP contribution in [0.25, 0.3) is 0 Å². The SMILES string of the molecule is Cc1cccc(Cl)c1COc1ccc2c(n1)OCC21CCN(CCC(=O)O)CC1. The fourth-order valence-electron chi connectivity index (χ4n) is 4.17. The minimum absolute atomic E-state index is 0.0279. The van der Waals surface area contributed by atoms with E-state index in [1.165, 1.54) is 0 Å². The number of aryl methyl sites for hydroxylation is 1. The van der Waals surface area contributed by atoms with Crippen LogP contribution in [0, 0.1) is 6.92 Å². The summed E-state index contributed by atoms with van der Waals surface area (Å²) in [7, 11) is 0. The van der Waals surface area contributed by atoms with Gasteiger partial charge in [-0.1, -0.05) is 23.7 Å². The first kappa shape index (κ1) is 20.0. The van der Waals surface area contributed by atoms with Crippen molar-refractivity contribution in [2.75, 3.05) is 26.2 Å². The van der Waals surface area contributed by atoms with Crippen LogP contribution in [0.1, 0.15) is 36.0 Å². The Balaban J connectivity index is 1.41. The molecule has 2 aromatic rings. The Bertz CT molecular complexity index is 889. The Morgan fingerprint density at radius 3 is 2.83 bits per heavy atom. The van der Waals surface area contributed by atoms with Gasteiger partial charge in [0.05, 0.1) is 13.0 Å². The molecule has 0 bridgehead atoms. The molecule has 7 heteroatoms. The van der Waals surface area contributed by atoms with Crippen molar-refractivity contribution < 1.29 is 19.4 Å². The maximum absolute atomic E-state index is 10.8. The predicted molar refractivity (Wildman–Crippen MR) is 110 cm³/mol. The van der Waals surface area contributed by atoms with E-state index >= 15 is 0 Å². The number of carboxylic acid groups (broad SMARTS) is 1. The van der Waals surface area contributed by atoms with Gasteiger partial charge in [0.2, 0.25) is 11.8 Å². The maximum Gasteiger partial charge on any atom is 0.304 e. The third-order valence-electron chi connectivity index (χ3n) is 6.06. The summed E-state index contributed by atoms with van der Waals surface area (Å²) in [6.07, 6.45) is 2.08. The summed E-state index contributed by atoms with van der Waals surface area (Å²) in [5, 5.41) is 9.57. The number of rotatable bonds is 6. The third-order valence-corrected chi connectivity index (χ3v) is 6.42. The highest BCUT2D eigenvalue weighted by Gasteiger charge is 2.44. The zero-order valence-electron chi connectivity index (χ0n) is 16.5. The maximum atomic E-state index is 10.8. The van der Waals surface area contributed by atoms with Crippen molar-refractivity contribution >= 4 is 17.6 Å². The van der Waals surface area contributed by atoms with Crippen molar-refractivity contribution in [3.63, 3.8) is 0 Å². The number of carbonyl (C=O) groups is 1. The zero-order chi connectivity index (χ0) is 20.4. The van der Waals surface area contributed by atoms with Crippen LogP contribution in [-0.4, -0.2) is 47.2 Å². The standard InChI is InChI=1S/C22H25ClN2O4/c1-15-3-2-4-18(23)16(15)13-28-19-6-5-17-21(24-19)29-14-22(17)8-11-25(12-9-22)10-7-20(26)27/h2-6H,7-14H2,1H3,(H,26,27). The van der Waals surface area contributed by atoms with Crippen molar-refractivity contribution in [2.24, 2.45) is 0 Å². The fraction of sp³-hybridized carbons (Fsp3) is 0.455. The van der Waals surface area contributed by atoms with Gasteiger partial charge in [-0.25, -0.2) is 0 Å². The van der Waals surface area contributed by atoms with Gasteiger partial charge in [0.1, 0.15) is 6.61 Å². The van der Waals surface area contributed by atoms with Crippen LogP contribution in [0.3, 0.4) is 0 Å². The highest BCUT2D eigenvalue weighted by molar-refractivity contribution is 6.31. The highest BCUT2D eigenvalue weighted by Crippen LogP contribution is 2.45. The van der Waals surface area contributed by atoms with Gasteiger partial charge < -0.3 is 19.5 Å². The normalized spacial score (nSPS) is 17.7. The molecule has 4 rings (SSSR count). The van der Waals surface area contributed by atoms with E-state index in [9.17, 15) is 4.79 Å². The van der Waals surface area contributed by atoms with Gasteiger partial charge in [-0.15, -0.1) is 0 Å². The van der Waals surface area contributed by atoms with Crippen LogP contribution >= 0.6 is 11.6 Å². The number of aromatic nitrogens is 1. The summed E-state index contributed by atoms with van der Waals surface area (Å²) in [6.45, 7) is 5.35. The van der Waals surface area contributed by atoms with Crippen molar-refractivity contribution in [3.8, 4) is 11.8 Å². The molecule has 154 valence electrons. The topological polar surface area (TPSA) is 71.9 Å². The van der Waals surface area contributed by atoms with Crippen LogP contribution in [-0.2, 0) is 16.8 Å². The molecule has 0 aliphatic carbocycles. The van der Waals surface area contributed by atoms with Gasteiger partial charge in [0, 0.05) is 34.2 Å². The quantitative estimate of drug-likeness (QED) is 0.771. The molecule has 29 heavy (non-hydrogen) atoms. The van der Waals surface area contributed by atoms with E-state index in [2.05, 4.69) is 16.0 Å². The van der Waals surface area contributed by atoms with Gasteiger partial charge in [-0.2, -0.15) is 4.98 Å². The van der Waals surface area contributed by atoms with Gasteiger partial charge in [-0.05, 0) is 50.6 Å². The second-order valence-electron chi connectivity index (χ2n) is 7.88. The number of hydrogen-bond acceptors (Lipinski definition) is 5. The van der Waals surface area contributed by atoms with E-state index in [0.717, 1.165) is 42.6 Å². The molecule has 1 fully saturated rings. The Morgan fingerprint density at radius 2 is 2.10 bits per heavy atom. The van der Waals surface area contributed by atoms with Gasteiger partial charge in [0.25, 0.3) is 0 Å². The first-order valence-corrected chi connectivity index (χ1v) is 10.3. The zero-order valence-corrected chi connectivity index (χ0v) is 17.2. The molecule has 0 saturated carbocycles. The number of ether oxygens (including phenoxy) is 2. The molecule has 0 atom stereocenters. The number of likely N-dealkylation sites (tertiary alicyclic amines) is 1. The predicted octanol–water partition coefficient (Wildman–Crippen LogP) is 3.82. The molecule has 0 unspecified atom stereocenters. The average Bonchev–Trinajstić information content (AvgIpc) is 3.05. The molecular formula is C22H25ClN2O4. The fourth-order valence-corrected chi connectivity index (χ4v) is 4.45. The highest BCUT2D eigenvalue weighted by atomic mass is 35.5. The molecule has 1 aromatic heterocycles. The molecule has 1 saturated heterocycles. The second-order valence-corrected chi connectivity index (χ2v) is 8.29. The van der Waals surface area contributed by atoms with Crippen molar-refractivity contribution in [3.05, 3.63) is 52.0 Å². The van der Waals surface area contributed by atoms with Crippen molar-refractivity contribution in [1.82, 2.24) is 9.88 Å². The largest absolute Gasteiger partial charge is 0.481 e. The molecule has 6 nitrogen and oxygen atoms in total. The lowest BCUT2D eigenvalue weighted by Gasteiger charge is -2.38. The molecule has 3 heterocycles. The third kappa shape index (κ3) is 4.19. The Hall–Kier alpha value is -2.31. The molecule has 0 amide bonds. The van der Waals surface area contributed by atoms with Crippen LogP contribution in [0.2, 0.25) is 5.02 Å². The van der Waals surface area contributed by atoms with Crippen LogP contribution < -0.4 is 9.47 Å². The number of benzene rings is 1. The lowest BCUT2D eigenvalue weighted by atomic mass is 9.75. The van der Waals surface area contributed by atoms with Crippen molar-refractivity contribution in [1.29, 1.82) is 0 Å². The number of halogens is 1. The number of nitrogens with zero attached hydrogens (tertiary/aromatic N) is 2. The lowest BCUT2D eigenvalue weighted by Crippen LogP contribution is -2.44. The Kier molecular flexibility index (Phi) is 5.65. The number of aliphatic carboxylic acids is 1. The molecular weight excluding hydrogens is 392 g/mol. The van der Waals surface area contributed by atoms with E-state index < -0.39 is 5.97 Å². The minimum Gasteiger partial charge on any atom is -0.481 e. The van der Waals surface area contributed by atoms with Crippen LogP contribution in [0.4, 0.5) is 0 Å². The number of pyridine rings is 1. The number of fused-ring (bicyclic) bond motifs is 2. The first-order valence-electron chi connectivity index (χ1n) is 9.92. The average molecular weight is 417 g/mol. The van der Waals surface area contributed by atoms with E-state index in [4.69, 9.17) is 26.2 Å².